The van der Waals surface area contributed by atoms with E-state index in [4.69, 9.17) is 9.26 Å². The highest BCUT2D eigenvalue weighted by molar-refractivity contribution is 5.30. The van der Waals surface area contributed by atoms with Crippen molar-refractivity contribution in [1.29, 1.82) is 0 Å². The van der Waals surface area contributed by atoms with Gasteiger partial charge in [0.2, 0.25) is 5.89 Å². The predicted molar refractivity (Wildman–Crippen MR) is 69.4 cm³/mol. The van der Waals surface area contributed by atoms with Crippen molar-refractivity contribution in [1.82, 2.24) is 15.5 Å². The van der Waals surface area contributed by atoms with Crippen molar-refractivity contribution < 1.29 is 9.26 Å². The Morgan fingerprint density at radius 1 is 1.37 bits per heavy atom. The average Bonchev–Trinajstić information content (AvgIpc) is 2.93. The van der Waals surface area contributed by atoms with E-state index in [2.05, 4.69) is 39.7 Å². The minimum absolute atomic E-state index is 0.0952. The van der Waals surface area contributed by atoms with Crippen LogP contribution in [0.5, 0.6) is 0 Å². The number of nitrogens with zero attached hydrogens (tertiary/aromatic N) is 2. The fourth-order valence-electron chi connectivity index (χ4n) is 2.29. The molecule has 5 nitrogen and oxygen atoms in total. The zero-order chi connectivity index (χ0) is 13.1. The molecular formula is C14H17N3O2. The lowest BCUT2D eigenvalue weighted by molar-refractivity contribution is 0.126. The van der Waals surface area contributed by atoms with Crippen LogP contribution in [0.3, 0.4) is 0 Å². The first kappa shape index (κ1) is 12.3. The van der Waals surface area contributed by atoms with E-state index in [-0.39, 0.29) is 6.04 Å². The SMILES string of the molecule is CCOCc1noc(C2Cc3ccccc3CN2)n1. The van der Waals surface area contributed by atoms with Gasteiger partial charge < -0.3 is 14.6 Å². The van der Waals surface area contributed by atoms with Crippen LogP contribution in [0.2, 0.25) is 0 Å². The summed E-state index contributed by atoms with van der Waals surface area (Å²) in [6.07, 6.45) is 0.881. The molecule has 0 amide bonds. The van der Waals surface area contributed by atoms with Gasteiger partial charge in [-0.3, -0.25) is 0 Å². The average molecular weight is 259 g/mol. The van der Waals surface area contributed by atoms with E-state index in [1.165, 1.54) is 11.1 Å². The second-order valence-corrected chi connectivity index (χ2v) is 4.59. The van der Waals surface area contributed by atoms with Crippen LogP contribution < -0.4 is 5.32 Å². The van der Waals surface area contributed by atoms with Crippen LogP contribution in [-0.4, -0.2) is 16.7 Å². The summed E-state index contributed by atoms with van der Waals surface area (Å²) in [4.78, 5) is 4.38. The highest BCUT2D eigenvalue weighted by Crippen LogP contribution is 2.24. The molecule has 100 valence electrons. The summed E-state index contributed by atoms with van der Waals surface area (Å²) >= 11 is 0. The van der Waals surface area contributed by atoms with Crippen LogP contribution in [0.1, 0.15) is 35.8 Å². The number of ether oxygens (including phenoxy) is 1. The molecule has 0 radical (unpaired) electrons. The second-order valence-electron chi connectivity index (χ2n) is 4.59. The Morgan fingerprint density at radius 2 is 2.21 bits per heavy atom. The molecule has 19 heavy (non-hydrogen) atoms. The monoisotopic (exact) mass is 259 g/mol. The number of benzene rings is 1. The molecule has 2 aromatic rings. The topological polar surface area (TPSA) is 60.2 Å². The summed E-state index contributed by atoms with van der Waals surface area (Å²) < 4.78 is 10.6. The number of rotatable bonds is 4. The van der Waals surface area contributed by atoms with Gasteiger partial charge in [-0.1, -0.05) is 29.4 Å². The molecule has 1 aromatic heterocycles. The number of hydrogen-bond acceptors (Lipinski definition) is 5. The van der Waals surface area contributed by atoms with Gasteiger partial charge in [-0.2, -0.15) is 4.98 Å². The van der Waals surface area contributed by atoms with Crippen LogP contribution in [0.4, 0.5) is 0 Å². The van der Waals surface area contributed by atoms with Gasteiger partial charge in [0.15, 0.2) is 5.82 Å². The van der Waals surface area contributed by atoms with Crippen molar-refractivity contribution in [2.45, 2.75) is 32.5 Å². The Hall–Kier alpha value is -1.72. The smallest absolute Gasteiger partial charge is 0.244 e. The molecule has 1 aliphatic rings. The van der Waals surface area contributed by atoms with E-state index in [1.54, 1.807) is 0 Å². The summed E-state index contributed by atoms with van der Waals surface area (Å²) in [7, 11) is 0. The molecule has 0 aliphatic carbocycles. The maximum Gasteiger partial charge on any atom is 0.244 e. The fraction of sp³-hybridized carbons (Fsp3) is 0.429. The molecule has 0 bridgehead atoms. The Kier molecular flexibility index (Phi) is 3.57. The molecule has 0 spiro atoms. The van der Waals surface area contributed by atoms with E-state index in [0.29, 0.717) is 24.9 Å². The van der Waals surface area contributed by atoms with Crippen LogP contribution in [0.25, 0.3) is 0 Å². The van der Waals surface area contributed by atoms with Gasteiger partial charge in [-0.05, 0) is 24.5 Å². The Morgan fingerprint density at radius 3 is 3.05 bits per heavy atom. The number of nitrogens with one attached hydrogen (secondary N) is 1. The molecule has 1 aromatic carbocycles. The first-order chi connectivity index (χ1) is 9.36. The highest BCUT2D eigenvalue weighted by atomic mass is 16.5. The van der Waals surface area contributed by atoms with E-state index in [0.717, 1.165) is 13.0 Å². The van der Waals surface area contributed by atoms with Crippen molar-refractivity contribution in [3.8, 4) is 0 Å². The minimum atomic E-state index is 0.0952. The van der Waals surface area contributed by atoms with Crippen molar-refractivity contribution in [3.63, 3.8) is 0 Å². The van der Waals surface area contributed by atoms with E-state index in [1.807, 2.05) is 6.92 Å². The molecule has 1 unspecified atom stereocenters. The third-order valence-electron chi connectivity index (χ3n) is 3.30. The lowest BCUT2D eigenvalue weighted by Crippen LogP contribution is -2.28. The quantitative estimate of drug-likeness (QED) is 0.910. The van der Waals surface area contributed by atoms with Crippen LogP contribution in [-0.2, 0) is 24.3 Å². The lowest BCUT2D eigenvalue weighted by atomic mass is 9.96. The summed E-state index contributed by atoms with van der Waals surface area (Å²) in [5.41, 5.74) is 2.68. The zero-order valence-electron chi connectivity index (χ0n) is 10.9. The Balaban J connectivity index is 1.72. The largest absolute Gasteiger partial charge is 0.374 e. The third-order valence-corrected chi connectivity index (χ3v) is 3.30. The van der Waals surface area contributed by atoms with Gasteiger partial charge in [0.05, 0.1) is 6.04 Å². The molecule has 1 atom stereocenters. The van der Waals surface area contributed by atoms with Crippen LogP contribution in [0.15, 0.2) is 28.8 Å². The molecule has 3 rings (SSSR count). The van der Waals surface area contributed by atoms with E-state index >= 15 is 0 Å². The van der Waals surface area contributed by atoms with Gasteiger partial charge in [0.25, 0.3) is 0 Å². The van der Waals surface area contributed by atoms with Gasteiger partial charge in [0, 0.05) is 13.2 Å². The zero-order valence-corrected chi connectivity index (χ0v) is 10.9. The Labute approximate surface area is 112 Å². The first-order valence-corrected chi connectivity index (χ1v) is 6.57. The second kappa shape index (κ2) is 5.50. The van der Waals surface area contributed by atoms with Crippen LogP contribution >= 0.6 is 0 Å². The summed E-state index contributed by atoms with van der Waals surface area (Å²) in [6, 6.07) is 8.52. The van der Waals surface area contributed by atoms with Gasteiger partial charge in [-0.25, -0.2) is 0 Å². The highest BCUT2D eigenvalue weighted by Gasteiger charge is 2.23. The number of aromatic nitrogens is 2. The molecule has 5 heteroatoms. The molecule has 0 saturated heterocycles. The Bertz CT molecular complexity index is 553. The summed E-state index contributed by atoms with van der Waals surface area (Å²) in [6.45, 7) is 3.84. The molecular weight excluding hydrogens is 242 g/mol. The van der Waals surface area contributed by atoms with Gasteiger partial charge in [0.1, 0.15) is 6.61 Å². The van der Waals surface area contributed by atoms with Crippen molar-refractivity contribution in [3.05, 3.63) is 47.1 Å². The van der Waals surface area contributed by atoms with Crippen molar-refractivity contribution >= 4 is 0 Å². The fourth-order valence-corrected chi connectivity index (χ4v) is 2.29. The van der Waals surface area contributed by atoms with E-state index < -0.39 is 0 Å². The summed E-state index contributed by atoms with van der Waals surface area (Å²) in [5, 5.41) is 7.36. The molecule has 1 N–H and O–H groups in total. The van der Waals surface area contributed by atoms with Crippen molar-refractivity contribution in [2.75, 3.05) is 6.61 Å². The van der Waals surface area contributed by atoms with Gasteiger partial charge >= 0.3 is 0 Å². The maximum absolute atomic E-state index is 5.31. The number of hydrogen-bond donors (Lipinski definition) is 1. The van der Waals surface area contributed by atoms with E-state index in [9.17, 15) is 0 Å². The standard InChI is InChI=1S/C14H17N3O2/c1-2-18-9-13-16-14(19-17-13)12-7-10-5-3-4-6-11(10)8-15-12/h3-6,12,15H,2,7-9H2,1H3. The van der Waals surface area contributed by atoms with Crippen LogP contribution in [0, 0.1) is 0 Å². The molecule has 1 aliphatic heterocycles. The van der Waals surface area contributed by atoms with Gasteiger partial charge in [-0.15, -0.1) is 0 Å². The predicted octanol–water partition coefficient (Wildman–Crippen LogP) is 1.99. The van der Waals surface area contributed by atoms with Crippen molar-refractivity contribution in [2.24, 2.45) is 0 Å². The minimum Gasteiger partial charge on any atom is -0.374 e. The maximum atomic E-state index is 5.31. The third kappa shape index (κ3) is 2.67. The lowest BCUT2D eigenvalue weighted by Gasteiger charge is -2.23. The first-order valence-electron chi connectivity index (χ1n) is 6.57. The number of fused-ring (bicyclic) bond motifs is 1. The molecule has 0 fully saturated rings. The summed E-state index contributed by atoms with van der Waals surface area (Å²) in [5.74, 6) is 1.25. The normalized spacial score (nSPS) is 18.3. The molecule has 0 saturated carbocycles. The molecule has 2 heterocycles.